The molecule has 1 saturated carbocycles. The number of fused-ring (bicyclic) bond motifs is 1. The Balaban J connectivity index is 1.31. The molecule has 1 aliphatic heterocycles. The monoisotopic (exact) mass is 491 g/mol. The first kappa shape index (κ1) is 22.8. The van der Waals surface area contributed by atoms with Gasteiger partial charge in [0, 0.05) is 16.0 Å². The van der Waals surface area contributed by atoms with Crippen LogP contribution >= 0.6 is 11.6 Å². The summed E-state index contributed by atoms with van der Waals surface area (Å²) in [4.78, 5) is 56.0. The molecular weight excluding hydrogens is 470 g/mol. The van der Waals surface area contributed by atoms with Gasteiger partial charge in [-0.3, -0.25) is 30.1 Å². The summed E-state index contributed by atoms with van der Waals surface area (Å²) in [6.45, 7) is 1.18. The van der Waals surface area contributed by atoms with E-state index < -0.39 is 35.8 Å². The van der Waals surface area contributed by atoms with E-state index in [1.54, 1.807) is 55.5 Å². The number of benzene rings is 2. The zero-order valence-corrected chi connectivity index (χ0v) is 19.6. The van der Waals surface area contributed by atoms with Crippen molar-refractivity contribution in [2.45, 2.75) is 25.3 Å². The molecule has 3 aromatic rings. The lowest BCUT2D eigenvalue weighted by molar-refractivity contribution is -0.135. The maximum Gasteiger partial charge on any atom is 0.325 e. The van der Waals surface area contributed by atoms with Crippen LogP contribution in [0.4, 0.5) is 4.79 Å². The molecule has 2 heterocycles. The number of para-hydroxylation sites is 1. The van der Waals surface area contributed by atoms with Crippen molar-refractivity contribution in [2.75, 3.05) is 6.54 Å². The van der Waals surface area contributed by atoms with Gasteiger partial charge in [-0.2, -0.15) is 0 Å². The van der Waals surface area contributed by atoms with Gasteiger partial charge >= 0.3 is 6.03 Å². The highest BCUT2D eigenvalue weighted by atomic mass is 35.5. The van der Waals surface area contributed by atoms with E-state index in [2.05, 4.69) is 21.2 Å². The third-order valence-electron chi connectivity index (χ3n) is 6.41. The van der Waals surface area contributed by atoms with Crippen LogP contribution < -0.4 is 16.2 Å². The highest BCUT2D eigenvalue weighted by Gasteiger charge is 2.56. The first-order chi connectivity index (χ1) is 16.8. The van der Waals surface area contributed by atoms with Gasteiger partial charge in [-0.15, -0.1) is 0 Å². The largest absolute Gasteiger partial charge is 0.325 e. The molecule has 0 bridgehead atoms. The van der Waals surface area contributed by atoms with Crippen molar-refractivity contribution in [3.8, 4) is 11.3 Å². The molecule has 2 aliphatic rings. The molecule has 2 fully saturated rings. The number of aromatic nitrogens is 1. The number of imide groups is 1. The van der Waals surface area contributed by atoms with Crippen molar-refractivity contribution >= 4 is 46.3 Å². The van der Waals surface area contributed by atoms with Crippen molar-refractivity contribution in [1.82, 2.24) is 26.1 Å². The molecule has 10 heteroatoms. The summed E-state index contributed by atoms with van der Waals surface area (Å²) < 4.78 is 0. The quantitative estimate of drug-likeness (QED) is 0.374. The van der Waals surface area contributed by atoms with Crippen molar-refractivity contribution in [1.29, 1.82) is 0 Å². The molecule has 178 valence electrons. The fourth-order valence-corrected chi connectivity index (χ4v) is 4.43. The lowest BCUT2D eigenvalue weighted by Crippen LogP contribution is -2.49. The molecule has 2 aromatic carbocycles. The summed E-state index contributed by atoms with van der Waals surface area (Å²) in [6, 6.07) is 15.2. The zero-order valence-electron chi connectivity index (χ0n) is 18.8. The zero-order chi connectivity index (χ0) is 24.7. The number of hydrazine groups is 1. The van der Waals surface area contributed by atoms with Gasteiger partial charge in [0.05, 0.1) is 16.8 Å². The molecule has 1 aromatic heterocycles. The van der Waals surface area contributed by atoms with E-state index in [9.17, 15) is 19.2 Å². The molecule has 9 nitrogen and oxygen atoms in total. The molecular formula is C25H22ClN5O4. The normalized spacial score (nSPS) is 19.5. The Kier molecular flexibility index (Phi) is 5.64. The van der Waals surface area contributed by atoms with Crippen LogP contribution in [0.25, 0.3) is 22.2 Å². The average molecular weight is 492 g/mol. The Labute approximate surface area is 205 Å². The van der Waals surface area contributed by atoms with Gasteiger partial charge in [0.25, 0.3) is 17.7 Å². The third-order valence-corrected chi connectivity index (χ3v) is 6.66. The van der Waals surface area contributed by atoms with Crippen molar-refractivity contribution in [2.24, 2.45) is 5.92 Å². The summed E-state index contributed by atoms with van der Waals surface area (Å²) in [7, 11) is 0. The van der Waals surface area contributed by atoms with Crippen LogP contribution in [-0.2, 0) is 9.59 Å². The molecule has 0 radical (unpaired) electrons. The molecule has 1 unspecified atom stereocenters. The van der Waals surface area contributed by atoms with Gasteiger partial charge in [0.1, 0.15) is 12.1 Å². The number of halogens is 1. The minimum absolute atomic E-state index is 0.0847. The van der Waals surface area contributed by atoms with Crippen LogP contribution in [0.5, 0.6) is 0 Å². The van der Waals surface area contributed by atoms with Gasteiger partial charge in [0.15, 0.2) is 0 Å². The number of amides is 5. The lowest BCUT2D eigenvalue weighted by atomic mass is 9.96. The van der Waals surface area contributed by atoms with Gasteiger partial charge < -0.3 is 5.32 Å². The van der Waals surface area contributed by atoms with E-state index in [0.29, 0.717) is 27.2 Å². The van der Waals surface area contributed by atoms with E-state index in [1.807, 2.05) is 6.07 Å². The number of nitrogens with one attached hydrogen (secondary N) is 3. The van der Waals surface area contributed by atoms with Gasteiger partial charge in [-0.1, -0.05) is 41.9 Å². The third kappa shape index (κ3) is 4.30. The molecule has 3 N–H and O–H groups in total. The van der Waals surface area contributed by atoms with Crippen molar-refractivity contribution < 1.29 is 19.2 Å². The Morgan fingerprint density at radius 3 is 2.54 bits per heavy atom. The highest BCUT2D eigenvalue weighted by molar-refractivity contribution is 6.30. The fourth-order valence-electron chi connectivity index (χ4n) is 4.31. The van der Waals surface area contributed by atoms with Gasteiger partial charge in [-0.05, 0) is 49.9 Å². The average Bonchev–Trinajstić information content (AvgIpc) is 3.68. The minimum atomic E-state index is -0.978. The van der Waals surface area contributed by atoms with Crippen molar-refractivity contribution in [3.05, 3.63) is 65.2 Å². The van der Waals surface area contributed by atoms with Crippen LogP contribution in [0.1, 0.15) is 30.1 Å². The Morgan fingerprint density at radius 1 is 1.11 bits per heavy atom. The Hall–Kier alpha value is -3.98. The predicted molar refractivity (Wildman–Crippen MR) is 129 cm³/mol. The SMILES string of the molecule is CC1(C2CC2)NC(=O)N(CC(=O)NNC(=O)c2cc(-c3ccc(Cl)cc3)nc3ccccc23)C1=O. The van der Waals surface area contributed by atoms with Crippen LogP contribution in [0.3, 0.4) is 0 Å². The first-order valence-electron chi connectivity index (χ1n) is 11.2. The maximum atomic E-state index is 13.0. The lowest BCUT2D eigenvalue weighted by Gasteiger charge is -2.20. The number of hydrogen-bond acceptors (Lipinski definition) is 5. The predicted octanol–water partition coefficient (Wildman–Crippen LogP) is 3.04. The Bertz CT molecular complexity index is 1370. The smallest absolute Gasteiger partial charge is 0.323 e. The summed E-state index contributed by atoms with van der Waals surface area (Å²) >= 11 is 5.99. The molecule has 5 amide bonds. The molecule has 5 rings (SSSR count). The summed E-state index contributed by atoms with van der Waals surface area (Å²) in [5, 5.41) is 3.87. The number of urea groups is 1. The standard InChI is InChI=1S/C25H22ClN5O4/c1-25(15-8-9-15)23(34)31(24(35)28-25)13-21(32)29-30-22(33)18-12-20(14-6-10-16(26)11-7-14)27-19-5-3-2-4-17(18)19/h2-7,10-12,15H,8-9,13H2,1H3,(H,28,35)(H,29,32)(H,30,33). The van der Waals surface area contributed by atoms with Crippen LogP contribution in [-0.4, -0.2) is 45.7 Å². The highest BCUT2D eigenvalue weighted by Crippen LogP contribution is 2.42. The number of pyridine rings is 1. The van der Waals surface area contributed by atoms with Crippen molar-refractivity contribution in [3.63, 3.8) is 0 Å². The summed E-state index contributed by atoms with van der Waals surface area (Å²) in [5.74, 6) is -1.61. The van der Waals surface area contributed by atoms with E-state index in [1.165, 1.54) is 0 Å². The number of carbonyl (C=O) groups is 4. The van der Waals surface area contributed by atoms with E-state index >= 15 is 0 Å². The fraction of sp³-hybridized carbons (Fsp3) is 0.240. The second-order valence-electron chi connectivity index (χ2n) is 8.88. The number of nitrogens with zero attached hydrogens (tertiary/aromatic N) is 2. The van der Waals surface area contributed by atoms with Crippen LogP contribution in [0, 0.1) is 5.92 Å². The topological polar surface area (TPSA) is 120 Å². The second-order valence-corrected chi connectivity index (χ2v) is 9.32. The van der Waals surface area contributed by atoms with Crippen LogP contribution in [0.15, 0.2) is 54.6 Å². The molecule has 1 aliphatic carbocycles. The second kappa shape index (κ2) is 8.66. The molecule has 1 saturated heterocycles. The van der Waals surface area contributed by atoms with Gasteiger partial charge in [0.2, 0.25) is 0 Å². The minimum Gasteiger partial charge on any atom is -0.323 e. The van der Waals surface area contributed by atoms with E-state index in [0.717, 1.165) is 23.3 Å². The maximum absolute atomic E-state index is 13.0. The molecule has 1 atom stereocenters. The van der Waals surface area contributed by atoms with E-state index in [-0.39, 0.29) is 5.92 Å². The van der Waals surface area contributed by atoms with E-state index in [4.69, 9.17) is 11.6 Å². The molecule has 35 heavy (non-hydrogen) atoms. The molecule has 0 spiro atoms. The van der Waals surface area contributed by atoms with Gasteiger partial charge in [-0.25, -0.2) is 9.78 Å². The summed E-state index contributed by atoms with van der Waals surface area (Å²) in [5.41, 5.74) is 5.95. The number of carbonyl (C=O) groups excluding carboxylic acids is 4. The number of hydrogen-bond donors (Lipinski definition) is 3. The number of rotatable bonds is 5. The first-order valence-corrected chi connectivity index (χ1v) is 11.5. The summed E-state index contributed by atoms with van der Waals surface area (Å²) in [6.07, 6.45) is 1.72. The van der Waals surface area contributed by atoms with Crippen LogP contribution in [0.2, 0.25) is 5.02 Å². The Morgan fingerprint density at radius 2 is 1.83 bits per heavy atom.